The maximum atomic E-state index is 13.9. The molecular formula is C33H36N2O5. The fourth-order valence-electron chi connectivity index (χ4n) is 6.26. The van der Waals surface area contributed by atoms with Crippen LogP contribution in [0.15, 0.2) is 78.9 Å². The van der Waals surface area contributed by atoms with Gasteiger partial charge < -0.3 is 19.7 Å². The largest absolute Gasteiger partial charge is 0.496 e. The predicted molar refractivity (Wildman–Crippen MR) is 152 cm³/mol. The van der Waals surface area contributed by atoms with E-state index in [1.807, 2.05) is 78.6 Å². The molecule has 208 valence electrons. The van der Waals surface area contributed by atoms with Crippen molar-refractivity contribution in [1.29, 1.82) is 0 Å². The molecule has 0 bridgehead atoms. The number of hydrogen-bond donors (Lipinski definition) is 1. The van der Waals surface area contributed by atoms with E-state index in [0.717, 1.165) is 16.7 Å². The summed E-state index contributed by atoms with van der Waals surface area (Å²) in [5.41, 5.74) is 2.19. The van der Waals surface area contributed by atoms with Crippen LogP contribution >= 0.6 is 0 Å². The van der Waals surface area contributed by atoms with E-state index in [1.165, 1.54) is 0 Å². The summed E-state index contributed by atoms with van der Waals surface area (Å²) in [4.78, 5) is 42.2. The van der Waals surface area contributed by atoms with Crippen molar-refractivity contribution in [3.8, 4) is 5.75 Å². The van der Waals surface area contributed by atoms with Crippen LogP contribution in [0.3, 0.4) is 0 Å². The van der Waals surface area contributed by atoms with Gasteiger partial charge in [0.25, 0.3) is 5.91 Å². The molecule has 7 nitrogen and oxygen atoms in total. The van der Waals surface area contributed by atoms with Crippen LogP contribution < -0.4 is 10.1 Å². The van der Waals surface area contributed by atoms with E-state index in [2.05, 4.69) is 5.32 Å². The Morgan fingerprint density at radius 2 is 1.57 bits per heavy atom. The maximum absolute atomic E-state index is 13.9. The molecule has 1 unspecified atom stereocenters. The lowest BCUT2D eigenvalue weighted by atomic mass is 9.63. The highest BCUT2D eigenvalue weighted by Crippen LogP contribution is 2.48. The first-order valence-corrected chi connectivity index (χ1v) is 14.0. The molecule has 0 saturated carbocycles. The van der Waals surface area contributed by atoms with Crippen LogP contribution in [0.1, 0.15) is 65.6 Å². The summed E-state index contributed by atoms with van der Waals surface area (Å²) >= 11 is 0. The molecule has 3 aromatic carbocycles. The lowest BCUT2D eigenvalue weighted by molar-refractivity contribution is -0.149. The first kappa shape index (κ1) is 27.4. The highest BCUT2D eigenvalue weighted by atomic mass is 16.5. The van der Waals surface area contributed by atoms with E-state index < -0.39 is 5.41 Å². The van der Waals surface area contributed by atoms with Gasteiger partial charge in [-0.05, 0) is 61.4 Å². The average molecular weight is 541 g/mol. The molecule has 3 aromatic rings. The standard InChI is InChI=1S/C33H36N2O5/c1-3-40-32(38)33(23-11-5-4-6-12-23)20-17-26(25-13-7-9-15-28(25)33)31(37)35-21-18-24(19-22-35)34-30(36)27-14-8-10-16-29(27)39-2/h4-16,24,26H,3,17-22H2,1-2H3,(H,34,36)/t26-,33?/m1/s1. The molecule has 5 rings (SSSR count). The highest BCUT2D eigenvalue weighted by molar-refractivity contribution is 5.97. The van der Waals surface area contributed by atoms with Gasteiger partial charge >= 0.3 is 5.97 Å². The van der Waals surface area contributed by atoms with Crippen molar-refractivity contribution >= 4 is 17.8 Å². The first-order valence-electron chi connectivity index (χ1n) is 14.0. The first-order chi connectivity index (χ1) is 19.5. The number of para-hydroxylation sites is 1. The smallest absolute Gasteiger partial charge is 0.321 e. The lowest BCUT2D eigenvalue weighted by Gasteiger charge is -2.42. The second kappa shape index (κ2) is 11.9. The minimum atomic E-state index is -0.944. The number of benzene rings is 3. The van der Waals surface area contributed by atoms with Gasteiger partial charge in [-0.1, -0.05) is 66.7 Å². The van der Waals surface area contributed by atoms with Crippen LogP contribution in [0.2, 0.25) is 0 Å². The molecule has 1 aliphatic carbocycles. The molecule has 7 heteroatoms. The number of amides is 2. The Morgan fingerprint density at radius 3 is 2.30 bits per heavy atom. The van der Waals surface area contributed by atoms with Crippen molar-refractivity contribution < 1.29 is 23.9 Å². The molecule has 1 N–H and O–H groups in total. The Balaban J connectivity index is 1.32. The number of carbonyl (C=O) groups is 3. The van der Waals surface area contributed by atoms with Crippen LogP contribution in [0.25, 0.3) is 0 Å². The van der Waals surface area contributed by atoms with E-state index >= 15 is 0 Å². The maximum Gasteiger partial charge on any atom is 0.321 e. The van der Waals surface area contributed by atoms with Gasteiger partial charge in [-0.2, -0.15) is 0 Å². The molecule has 2 amide bonds. The lowest BCUT2D eigenvalue weighted by Crippen LogP contribution is -2.49. The quantitative estimate of drug-likeness (QED) is 0.434. The molecule has 0 radical (unpaired) electrons. The summed E-state index contributed by atoms with van der Waals surface area (Å²) in [6.07, 6.45) is 2.40. The predicted octanol–water partition coefficient (Wildman–Crippen LogP) is 4.84. The van der Waals surface area contributed by atoms with Gasteiger partial charge in [-0.15, -0.1) is 0 Å². The van der Waals surface area contributed by atoms with E-state index in [0.29, 0.717) is 56.7 Å². The molecule has 0 spiro atoms. The van der Waals surface area contributed by atoms with E-state index in [-0.39, 0.29) is 29.7 Å². The number of carbonyl (C=O) groups excluding carboxylic acids is 3. The number of nitrogens with zero attached hydrogens (tertiary/aromatic N) is 1. The fraction of sp³-hybridized carbons (Fsp3) is 0.364. The second-order valence-electron chi connectivity index (χ2n) is 10.4. The number of rotatable bonds is 7. The van der Waals surface area contributed by atoms with Gasteiger partial charge in [-0.3, -0.25) is 14.4 Å². The van der Waals surface area contributed by atoms with Crippen molar-refractivity contribution in [1.82, 2.24) is 10.2 Å². The van der Waals surface area contributed by atoms with Crippen molar-refractivity contribution in [2.75, 3.05) is 26.8 Å². The van der Waals surface area contributed by atoms with Crippen molar-refractivity contribution in [3.63, 3.8) is 0 Å². The number of methoxy groups -OCH3 is 1. The van der Waals surface area contributed by atoms with Crippen LogP contribution in [0.5, 0.6) is 5.75 Å². The number of piperidine rings is 1. The molecule has 1 fully saturated rings. The number of fused-ring (bicyclic) bond motifs is 1. The van der Waals surface area contributed by atoms with Crippen molar-refractivity contribution in [3.05, 3.63) is 101 Å². The summed E-state index contributed by atoms with van der Waals surface area (Å²) in [5.74, 6) is -0.154. The third-order valence-electron chi connectivity index (χ3n) is 8.29. The van der Waals surface area contributed by atoms with Crippen LogP contribution in [-0.4, -0.2) is 55.5 Å². The Kier molecular flexibility index (Phi) is 8.19. The Labute approximate surface area is 235 Å². The molecule has 40 heavy (non-hydrogen) atoms. The minimum absolute atomic E-state index is 0.0188. The summed E-state index contributed by atoms with van der Waals surface area (Å²) in [7, 11) is 1.55. The van der Waals surface area contributed by atoms with Crippen molar-refractivity contribution in [2.24, 2.45) is 0 Å². The SMILES string of the molecule is CCOC(=O)C1(c2ccccc2)CC[C@@H](C(=O)N2CCC(NC(=O)c3ccccc3OC)CC2)c2ccccc21. The van der Waals surface area contributed by atoms with E-state index in [1.54, 1.807) is 19.2 Å². The number of hydrogen-bond acceptors (Lipinski definition) is 5. The van der Waals surface area contributed by atoms with Gasteiger partial charge in [0.15, 0.2) is 0 Å². The average Bonchev–Trinajstić information content (AvgIpc) is 3.01. The van der Waals surface area contributed by atoms with E-state index in [4.69, 9.17) is 9.47 Å². The number of likely N-dealkylation sites (tertiary alicyclic amines) is 1. The molecule has 1 heterocycles. The van der Waals surface area contributed by atoms with Crippen LogP contribution in [0, 0.1) is 0 Å². The third-order valence-corrected chi connectivity index (χ3v) is 8.29. The summed E-state index contributed by atoms with van der Waals surface area (Å²) in [5, 5.41) is 3.11. The van der Waals surface area contributed by atoms with Gasteiger partial charge in [0, 0.05) is 19.1 Å². The molecular weight excluding hydrogens is 504 g/mol. The molecule has 0 aromatic heterocycles. The number of esters is 1. The summed E-state index contributed by atoms with van der Waals surface area (Å²) < 4.78 is 10.9. The topological polar surface area (TPSA) is 84.9 Å². The van der Waals surface area contributed by atoms with Gasteiger partial charge in [-0.25, -0.2) is 0 Å². The number of ether oxygens (including phenoxy) is 2. The Hall–Kier alpha value is -4.13. The van der Waals surface area contributed by atoms with Crippen molar-refractivity contribution in [2.45, 2.75) is 50.0 Å². The third kappa shape index (κ3) is 5.08. The van der Waals surface area contributed by atoms with Gasteiger partial charge in [0.2, 0.25) is 5.91 Å². The second-order valence-corrected chi connectivity index (χ2v) is 10.4. The monoisotopic (exact) mass is 540 g/mol. The highest BCUT2D eigenvalue weighted by Gasteiger charge is 2.50. The van der Waals surface area contributed by atoms with Crippen LogP contribution in [0.4, 0.5) is 0 Å². The zero-order valence-electron chi connectivity index (χ0n) is 23.1. The Bertz CT molecular complexity index is 1370. The van der Waals surface area contributed by atoms with E-state index in [9.17, 15) is 14.4 Å². The minimum Gasteiger partial charge on any atom is -0.496 e. The number of nitrogens with one attached hydrogen (secondary N) is 1. The molecule has 1 aliphatic heterocycles. The summed E-state index contributed by atoms with van der Waals surface area (Å²) in [6, 6.07) is 24.7. The molecule has 2 atom stereocenters. The normalized spacial score (nSPS) is 20.8. The molecule has 2 aliphatic rings. The Morgan fingerprint density at radius 1 is 0.900 bits per heavy atom. The van der Waals surface area contributed by atoms with Crippen LogP contribution in [-0.2, 0) is 19.7 Å². The zero-order valence-corrected chi connectivity index (χ0v) is 23.1. The zero-order chi connectivity index (χ0) is 28.1. The molecule has 1 saturated heterocycles. The van der Waals surface area contributed by atoms with Gasteiger partial charge in [0.05, 0.1) is 25.2 Å². The fourth-order valence-corrected chi connectivity index (χ4v) is 6.26. The summed E-state index contributed by atoms with van der Waals surface area (Å²) in [6.45, 7) is 3.24. The van der Waals surface area contributed by atoms with Gasteiger partial charge in [0.1, 0.15) is 11.2 Å².